The maximum atomic E-state index is 13.0. The standard InChI is InChI=1S/C24H26ClNO5/c1-14(2)31-11-10-26-21(16-7-5-6-15(3)12-16)20(23(28)24(26)29)22(27)17-8-9-19(30-4)18(25)13-17/h5-9,12-14,21,27H,10-11H2,1-4H3/b22-20-. The van der Waals surface area contributed by atoms with E-state index in [2.05, 4.69) is 0 Å². The van der Waals surface area contributed by atoms with Crippen molar-refractivity contribution in [1.29, 1.82) is 0 Å². The minimum Gasteiger partial charge on any atom is -0.507 e. The molecule has 1 fully saturated rings. The third-order valence-corrected chi connectivity index (χ3v) is 5.40. The molecule has 2 aromatic carbocycles. The Balaban J connectivity index is 2.11. The fourth-order valence-corrected chi connectivity index (χ4v) is 3.91. The zero-order valence-corrected chi connectivity index (χ0v) is 18.8. The van der Waals surface area contributed by atoms with Gasteiger partial charge in [-0.2, -0.15) is 0 Å². The summed E-state index contributed by atoms with van der Waals surface area (Å²) in [6.07, 6.45) is -0.00400. The minimum absolute atomic E-state index is 0.00400. The van der Waals surface area contributed by atoms with Crippen LogP contribution < -0.4 is 4.74 Å². The molecular formula is C24H26ClNO5. The zero-order valence-electron chi connectivity index (χ0n) is 18.0. The number of carbonyl (C=O) groups excluding carboxylic acids is 2. The van der Waals surface area contributed by atoms with E-state index in [9.17, 15) is 14.7 Å². The molecule has 1 aliphatic heterocycles. The van der Waals surface area contributed by atoms with Gasteiger partial charge in [0.2, 0.25) is 0 Å². The van der Waals surface area contributed by atoms with Gasteiger partial charge in [0.15, 0.2) is 0 Å². The largest absolute Gasteiger partial charge is 0.507 e. The predicted octanol–water partition coefficient (Wildman–Crippen LogP) is 4.50. The molecule has 1 atom stereocenters. The van der Waals surface area contributed by atoms with Gasteiger partial charge < -0.3 is 19.5 Å². The Morgan fingerprint density at radius 2 is 1.94 bits per heavy atom. The Morgan fingerprint density at radius 3 is 2.55 bits per heavy atom. The van der Waals surface area contributed by atoms with E-state index in [1.807, 2.05) is 45.0 Å². The maximum Gasteiger partial charge on any atom is 0.295 e. The molecule has 1 aliphatic rings. The number of Topliss-reactive ketones (excluding diaryl/α,β-unsaturated/α-hetero) is 1. The molecule has 31 heavy (non-hydrogen) atoms. The number of ether oxygens (including phenoxy) is 2. The van der Waals surface area contributed by atoms with Gasteiger partial charge in [-0.05, 0) is 44.5 Å². The molecule has 1 unspecified atom stereocenters. The SMILES string of the molecule is COc1ccc(/C(O)=C2/C(=O)C(=O)N(CCOC(C)C)C2c2cccc(C)c2)cc1Cl. The highest BCUT2D eigenvalue weighted by Gasteiger charge is 2.46. The van der Waals surface area contributed by atoms with Crippen LogP contribution in [0.3, 0.4) is 0 Å². The number of nitrogens with zero attached hydrogens (tertiary/aromatic N) is 1. The lowest BCUT2D eigenvalue weighted by atomic mass is 9.94. The Kier molecular flexibility index (Phi) is 7.03. The van der Waals surface area contributed by atoms with Gasteiger partial charge in [0.1, 0.15) is 11.5 Å². The van der Waals surface area contributed by atoms with E-state index < -0.39 is 17.7 Å². The molecule has 0 aliphatic carbocycles. The minimum atomic E-state index is -0.736. The normalized spacial score (nSPS) is 18.1. The first-order valence-electron chi connectivity index (χ1n) is 10.0. The summed E-state index contributed by atoms with van der Waals surface area (Å²) in [4.78, 5) is 27.3. The van der Waals surface area contributed by atoms with Crippen molar-refractivity contribution in [2.24, 2.45) is 0 Å². The van der Waals surface area contributed by atoms with Crippen LogP contribution in [-0.2, 0) is 14.3 Å². The zero-order chi connectivity index (χ0) is 22.7. The predicted molar refractivity (Wildman–Crippen MR) is 119 cm³/mol. The molecule has 0 saturated carbocycles. The van der Waals surface area contributed by atoms with E-state index in [1.54, 1.807) is 12.1 Å². The highest BCUT2D eigenvalue weighted by molar-refractivity contribution is 6.46. The summed E-state index contributed by atoms with van der Waals surface area (Å²) in [6, 6.07) is 11.5. The number of benzene rings is 2. The Hall–Kier alpha value is -2.83. The monoisotopic (exact) mass is 443 g/mol. The van der Waals surface area contributed by atoms with Crippen molar-refractivity contribution in [2.45, 2.75) is 32.9 Å². The van der Waals surface area contributed by atoms with Crippen molar-refractivity contribution in [3.8, 4) is 5.75 Å². The average molecular weight is 444 g/mol. The number of hydrogen-bond donors (Lipinski definition) is 1. The highest BCUT2D eigenvalue weighted by atomic mass is 35.5. The second-order valence-electron chi connectivity index (χ2n) is 7.68. The van der Waals surface area contributed by atoms with Crippen LogP contribution in [0.25, 0.3) is 5.76 Å². The number of methoxy groups -OCH3 is 1. The second kappa shape index (κ2) is 9.54. The number of amides is 1. The van der Waals surface area contributed by atoms with E-state index in [-0.39, 0.29) is 30.6 Å². The van der Waals surface area contributed by atoms with E-state index in [4.69, 9.17) is 21.1 Å². The molecule has 3 rings (SSSR count). The summed E-state index contributed by atoms with van der Waals surface area (Å²) in [5.41, 5.74) is 2.08. The van der Waals surface area contributed by atoms with Crippen LogP contribution in [0.2, 0.25) is 5.02 Å². The molecule has 1 saturated heterocycles. The number of aliphatic hydroxyl groups is 1. The molecule has 6 nitrogen and oxygen atoms in total. The first-order valence-corrected chi connectivity index (χ1v) is 10.4. The second-order valence-corrected chi connectivity index (χ2v) is 8.08. The summed E-state index contributed by atoms with van der Waals surface area (Å²) in [6.45, 7) is 6.24. The fraction of sp³-hybridized carbons (Fsp3) is 0.333. The van der Waals surface area contributed by atoms with Crippen LogP contribution in [0.15, 0.2) is 48.0 Å². The first-order chi connectivity index (χ1) is 14.7. The van der Waals surface area contributed by atoms with Gasteiger partial charge in [0.05, 0.1) is 36.5 Å². The molecule has 0 bridgehead atoms. The Labute approximate surface area is 187 Å². The molecule has 7 heteroatoms. The molecule has 1 amide bonds. The lowest BCUT2D eigenvalue weighted by Gasteiger charge is -2.26. The van der Waals surface area contributed by atoms with Crippen LogP contribution in [0.1, 0.15) is 36.6 Å². The van der Waals surface area contributed by atoms with Crippen molar-refractivity contribution >= 4 is 29.1 Å². The number of aryl methyl sites for hydroxylation is 1. The average Bonchev–Trinajstić information content (AvgIpc) is 2.98. The molecule has 0 radical (unpaired) electrons. The Morgan fingerprint density at radius 1 is 1.19 bits per heavy atom. The van der Waals surface area contributed by atoms with Crippen LogP contribution in [0.4, 0.5) is 0 Å². The van der Waals surface area contributed by atoms with E-state index >= 15 is 0 Å². The maximum absolute atomic E-state index is 13.0. The smallest absolute Gasteiger partial charge is 0.295 e. The van der Waals surface area contributed by atoms with Crippen molar-refractivity contribution in [3.63, 3.8) is 0 Å². The highest BCUT2D eigenvalue weighted by Crippen LogP contribution is 2.40. The van der Waals surface area contributed by atoms with Crippen molar-refractivity contribution in [1.82, 2.24) is 4.90 Å². The third kappa shape index (κ3) is 4.75. The molecule has 1 N–H and O–H groups in total. The van der Waals surface area contributed by atoms with Crippen LogP contribution >= 0.6 is 11.6 Å². The fourth-order valence-electron chi connectivity index (χ4n) is 3.65. The number of likely N-dealkylation sites (tertiary alicyclic amines) is 1. The molecule has 2 aromatic rings. The first kappa shape index (κ1) is 22.8. The lowest BCUT2D eigenvalue weighted by molar-refractivity contribution is -0.140. The van der Waals surface area contributed by atoms with Gasteiger partial charge in [-0.25, -0.2) is 0 Å². The van der Waals surface area contributed by atoms with Gasteiger partial charge in [0.25, 0.3) is 11.7 Å². The molecule has 0 spiro atoms. The number of carbonyl (C=O) groups is 2. The molecule has 0 aromatic heterocycles. The lowest BCUT2D eigenvalue weighted by Crippen LogP contribution is -2.33. The number of halogens is 1. The number of ketones is 1. The molecular weight excluding hydrogens is 418 g/mol. The summed E-state index contributed by atoms with van der Waals surface area (Å²) in [5.74, 6) is -1.23. The van der Waals surface area contributed by atoms with Gasteiger partial charge in [-0.15, -0.1) is 0 Å². The van der Waals surface area contributed by atoms with Gasteiger partial charge in [-0.3, -0.25) is 9.59 Å². The van der Waals surface area contributed by atoms with Gasteiger partial charge in [-0.1, -0.05) is 41.4 Å². The van der Waals surface area contributed by atoms with E-state index in [1.165, 1.54) is 18.1 Å². The Bertz CT molecular complexity index is 1030. The van der Waals surface area contributed by atoms with E-state index in [0.717, 1.165) is 11.1 Å². The van der Waals surface area contributed by atoms with Crippen molar-refractivity contribution in [2.75, 3.05) is 20.3 Å². The van der Waals surface area contributed by atoms with Gasteiger partial charge >= 0.3 is 0 Å². The quantitative estimate of drug-likeness (QED) is 0.387. The van der Waals surface area contributed by atoms with Crippen LogP contribution in [-0.4, -0.2) is 48.1 Å². The molecule has 164 valence electrons. The number of hydrogen-bond acceptors (Lipinski definition) is 5. The van der Waals surface area contributed by atoms with Crippen molar-refractivity contribution in [3.05, 3.63) is 69.8 Å². The molecule has 1 heterocycles. The topological polar surface area (TPSA) is 76.1 Å². The summed E-state index contributed by atoms with van der Waals surface area (Å²) < 4.78 is 10.8. The van der Waals surface area contributed by atoms with E-state index in [0.29, 0.717) is 16.3 Å². The summed E-state index contributed by atoms with van der Waals surface area (Å²) in [5, 5.41) is 11.4. The van der Waals surface area contributed by atoms with Gasteiger partial charge in [0, 0.05) is 12.1 Å². The van der Waals surface area contributed by atoms with Crippen LogP contribution in [0, 0.1) is 6.92 Å². The van der Waals surface area contributed by atoms with Crippen molar-refractivity contribution < 1.29 is 24.2 Å². The number of rotatable bonds is 7. The summed E-state index contributed by atoms with van der Waals surface area (Å²) in [7, 11) is 1.49. The third-order valence-electron chi connectivity index (χ3n) is 5.11. The van der Waals surface area contributed by atoms with Crippen LogP contribution in [0.5, 0.6) is 5.75 Å². The number of aliphatic hydroxyl groups excluding tert-OH is 1. The summed E-state index contributed by atoms with van der Waals surface area (Å²) >= 11 is 6.21.